The second kappa shape index (κ2) is 5.91. The van der Waals surface area contributed by atoms with E-state index in [-0.39, 0.29) is 0 Å². The van der Waals surface area contributed by atoms with E-state index in [4.69, 9.17) is 5.11 Å². The van der Waals surface area contributed by atoms with Crippen molar-refractivity contribution < 1.29 is 9.90 Å². The Morgan fingerprint density at radius 1 is 1.62 bits per heavy atom. The van der Waals surface area contributed by atoms with E-state index in [1.54, 1.807) is 6.08 Å². The van der Waals surface area contributed by atoms with Crippen molar-refractivity contribution in [3.63, 3.8) is 0 Å². The first-order valence-corrected chi connectivity index (χ1v) is 5.25. The predicted molar refractivity (Wildman–Crippen MR) is 66.1 cm³/mol. The number of carboxylic acids is 1. The molecule has 0 radical (unpaired) electrons. The van der Waals surface area contributed by atoms with Crippen LogP contribution in [0.1, 0.15) is 13.3 Å². The van der Waals surface area contributed by atoms with Crippen molar-refractivity contribution in [3.05, 3.63) is 60.3 Å². The van der Waals surface area contributed by atoms with Gasteiger partial charge in [0.05, 0.1) is 0 Å². The summed E-state index contributed by atoms with van der Waals surface area (Å²) in [6, 6.07) is 0. The van der Waals surface area contributed by atoms with Gasteiger partial charge in [-0.05, 0) is 30.6 Å². The maximum Gasteiger partial charge on any atom is 0.328 e. The van der Waals surface area contributed by atoms with Crippen LogP contribution in [0.25, 0.3) is 0 Å². The number of hydrogen-bond donors (Lipinski definition) is 1. The Morgan fingerprint density at radius 3 is 2.94 bits per heavy atom. The van der Waals surface area contributed by atoms with E-state index in [2.05, 4.69) is 12.7 Å². The van der Waals surface area contributed by atoms with Gasteiger partial charge in [0.15, 0.2) is 0 Å². The first-order chi connectivity index (χ1) is 7.67. The van der Waals surface area contributed by atoms with E-state index in [9.17, 15) is 4.79 Å². The minimum Gasteiger partial charge on any atom is -0.478 e. The molecule has 0 heterocycles. The standard InChI is InChI=1S/C14H16O2/c1-3-5-13-8-6-11(7-9-14(15)16)10-12(13)4-2/h3-7,9-10,13H,2,8H2,1H3,(H,15,16). The quantitative estimate of drug-likeness (QED) is 0.578. The lowest BCUT2D eigenvalue weighted by molar-refractivity contribution is -0.131. The van der Waals surface area contributed by atoms with Crippen molar-refractivity contribution >= 4 is 5.97 Å². The van der Waals surface area contributed by atoms with Crippen LogP contribution in [0.15, 0.2) is 60.3 Å². The molecule has 0 aromatic rings. The molecule has 2 heteroatoms. The van der Waals surface area contributed by atoms with Crippen LogP contribution >= 0.6 is 0 Å². The zero-order chi connectivity index (χ0) is 12.0. The molecule has 0 amide bonds. The molecule has 0 aliphatic heterocycles. The third kappa shape index (κ3) is 3.39. The molecule has 1 aliphatic rings. The van der Waals surface area contributed by atoms with Crippen molar-refractivity contribution in [3.8, 4) is 0 Å². The van der Waals surface area contributed by atoms with E-state index in [1.807, 2.05) is 31.2 Å². The van der Waals surface area contributed by atoms with Crippen LogP contribution in [0.3, 0.4) is 0 Å². The van der Waals surface area contributed by atoms with Crippen molar-refractivity contribution in [2.75, 3.05) is 0 Å². The summed E-state index contributed by atoms with van der Waals surface area (Å²) in [5, 5.41) is 8.54. The first kappa shape index (κ1) is 12.2. The van der Waals surface area contributed by atoms with Crippen LogP contribution in [-0.4, -0.2) is 11.1 Å². The Balaban J connectivity index is 2.84. The van der Waals surface area contributed by atoms with Crippen LogP contribution in [0.2, 0.25) is 0 Å². The molecule has 0 spiro atoms. The molecule has 1 aliphatic carbocycles. The average molecular weight is 216 g/mol. The van der Waals surface area contributed by atoms with E-state index >= 15 is 0 Å². The molecule has 16 heavy (non-hydrogen) atoms. The highest BCUT2D eigenvalue weighted by Crippen LogP contribution is 2.26. The van der Waals surface area contributed by atoms with Crippen molar-refractivity contribution in [2.24, 2.45) is 5.92 Å². The maximum atomic E-state index is 10.4. The van der Waals surface area contributed by atoms with E-state index < -0.39 is 5.97 Å². The summed E-state index contributed by atoms with van der Waals surface area (Å²) in [5.74, 6) is -0.561. The van der Waals surface area contributed by atoms with Crippen LogP contribution in [0.5, 0.6) is 0 Å². The molecule has 84 valence electrons. The number of hydrogen-bond acceptors (Lipinski definition) is 1. The molecule has 0 saturated carbocycles. The fraction of sp³-hybridized carbons (Fsp3) is 0.214. The topological polar surface area (TPSA) is 37.3 Å². The molecule has 1 N–H and O–H groups in total. The van der Waals surface area contributed by atoms with E-state index in [0.29, 0.717) is 5.92 Å². The summed E-state index contributed by atoms with van der Waals surface area (Å²) in [6.07, 6.45) is 13.6. The van der Waals surface area contributed by atoms with Crippen molar-refractivity contribution in [1.29, 1.82) is 0 Å². The number of carbonyl (C=O) groups is 1. The van der Waals surface area contributed by atoms with Gasteiger partial charge in [-0.15, -0.1) is 0 Å². The molecule has 0 aromatic heterocycles. The van der Waals surface area contributed by atoms with Gasteiger partial charge in [-0.2, -0.15) is 0 Å². The second-order valence-electron chi connectivity index (χ2n) is 3.59. The number of allylic oxidation sites excluding steroid dienone is 8. The fourth-order valence-electron chi connectivity index (χ4n) is 1.67. The fourth-order valence-corrected chi connectivity index (χ4v) is 1.67. The lowest BCUT2D eigenvalue weighted by atomic mass is 9.88. The van der Waals surface area contributed by atoms with Crippen LogP contribution in [0, 0.1) is 5.92 Å². The van der Waals surface area contributed by atoms with E-state index in [1.165, 1.54) is 0 Å². The molecular weight excluding hydrogens is 200 g/mol. The highest BCUT2D eigenvalue weighted by atomic mass is 16.4. The molecule has 0 saturated heterocycles. The Labute approximate surface area is 96.0 Å². The molecule has 1 unspecified atom stereocenters. The monoisotopic (exact) mass is 216 g/mol. The van der Waals surface area contributed by atoms with Gasteiger partial charge in [-0.1, -0.05) is 37.0 Å². The molecule has 2 nitrogen and oxygen atoms in total. The molecular formula is C14H16O2. The van der Waals surface area contributed by atoms with Crippen molar-refractivity contribution in [2.45, 2.75) is 13.3 Å². The summed E-state index contributed by atoms with van der Waals surface area (Å²) in [4.78, 5) is 10.4. The summed E-state index contributed by atoms with van der Waals surface area (Å²) < 4.78 is 0. The summed E-state index contributed by atoms with van der Waals surface area (Å²) in [7, 11) is 0. The second-order valence-corrected chi connectivity index (χ2v) is 3.59. The third-order valence-electron chi connectivity index (χ3n) is 2.45. The van der Waals surface area contributed by atoms with Gasteiger partial charge in [-0.3, -0.25) is 0 Å². The van der Waals surface area contributed by atoms with Gasteiger partial charge in [0, 0.05) is 12.0 Å². The Hall–Kier alpha value is -1.83. The zero-order valence-corrected chi connectivity index (χ0v) is 9.39. The lowest BCUT2D eigenvalue weighted by Crippen LogP contribution is -2.03. The normalized spacial score (nSPS) is 20.9. The van der Waals surface area contributed by atoms with E-state index in [0.717, 1.165) is 23.6 Å². The number of aliphatic carboxylic acids is 1. The summed E-state index contributed by atoms with van der Waals surface area (Å²) in [6.45, 7) is 5.77. The minimum atomic E-state index is -0.926. The maximum absolute atomic E-state index is 10.4. The third-order valence-corrected chi connectivity index (χ3v) is 2.45. The van der Waals surface area contributed by atoms with Crippen LogP contribution in [-0.2, 0) is 4.79 Å². The number of carboxylic acid groups (broad SMARTS) is 1. The highest BCUT2D eigenvalue weighted by Gasteiger charge is 2.11. The first-order valence-electron chi connectivity index (χ1n) is 5.25. The predicted octanol–water partition coefficient (Wildman–Crippen LogP) is 3.26. The molecule has 0 bridgehead atoms. The highest BCUT2D eigenvalue weighted by molar-refractivity contribution is 5.80. The Bertz CT molecular complexity index is 395. The molecule has 0 aromatic carbocycles. The lowest BCUT2D eigenvalue weighted by Gasteiger charge is -2.17. The van der Waals surface area contributed by atoms with Crippen LogP contribution < -0.4 is 0 Å². The molecule has 0 fully saturated rings. The van der Waals surface area contributed by atoms with Gasteiger partial charge in [-0.25, -0.2) is 4.79 Å². The minimum absolute atomic E-state index is 0.365. The van der Waals surface area contributed by atoms with Gasteiger partial charge in [0.2, 0.25) is 0 Å². The van der Waals surface area contributed by atoms with Gasteiger partial charge < -0.3 is 5.11 Å². The summed E-state index contributed by atoms with van der Waals surface area (Å²) in [5.41, 5.74) is 2.06. The van der Waals surface area contributed by atoms with Gasteiger partial charge >= 0.3 is 5.97 Å². The zero-order valence-electron chi connectivity index (χ0n) is 9.39. The Morgan fingerprint density at radius 2 is 2.38 bits per heavy atom. The van der Waals surface area contributed by atoms with Gasteiger partial charge in [0.25, 0.3) is 0 Å². The smallest absolute Gasteiger partial charge is 0.328 e. The average Bonchev–Trinajstić information content (AvgIpc) is 2.28. The molecule has 1 rings (SSSR count). The van der Waals surface area contributed by atoms with Crippen molar-refractivity contribution in [1.82, 2.24) is 0 Å². The largest absolute Gasteiger partial charge is 0.478 e. The van der Waals surface area contributed by atoms with Gasteiger partial charge in [0.1, 0.15) is 0 Å². The summed E-state index contributed by atoms with van der Waals surface area (Å²) >= 11 is 0. The SMILES string of the molecule is C=CC1=CC(C=CC(=O)O)=CCC1C=CC. The number of rotatable bonds is 4. The van der Waals surface area contributed by atoms with Crippen LogP contribution in [0.4, 0.5) is 0 Å². The Kier molecular flexibility index (Phi) is 4.52. The molecule has 1 atom stereocenters.